The molecule has 0 amide bonds. The molecule has 2 aromatic carbocycles. The van der Waals surface area contributed by atoms with Crippen molar-refractivity contribution in [2.45, 2.75) is 6.92 Å². The third-order valence-electron chi connectivity index (χ3n) is 3.76. The minimum absolute atomic E-state index is 0.505. The Bertz CT molecular complexity index is 1040. The monoisotopic (exact) mass is 349 g/mol. The van der Waals surface area contributed by atoms with Gasteiger partial charge in [0.1, 0.15) is 5.82 Å². The molecule has 0 unspecified atom stereocenters. The van der Waals surface area contributed by atoms with Gasteiger partial charge in [0.25, 0.3) is 0 Å². The SMILES string of the molecule is Cc1cc2cc(Nc3ccnc(Nc4cccc(Cl)c4)n3)ccc2[nH]1. The first-order chi connectivity index (χ1) is 12.2. The number of aromatic nitrogens is 3. The van der Waals surface area contributed by atoms with E-state index in [0.717, 1.165) is 28.0 Å². The highest BCUT2D eigenvalue weighted by Gasteiger charge is 2.03. The molecule has 0 radical (unpaired) electrons. The summed E-state index contributed by atoms with van der Waals surface area (Å²) in [7, 11) is 0. The van der Waals surface area contributed by atoms with Gasteiger partial charge in [0, 0.05) is 39.2 Å². The molecule has 4 rings (SSSR count). The van der Waals surface area contributed by atoms with E-state index in [1.54, 1.807) is 6.20 Å². The quantitative estimate of drug-likeness (QED) is 0.461. The normalized spacial score (nSPS) is 10.8. The van der Waals surface area contributed by atoms with Gasteiger partial charge in [-0.25, -0.2) is 4.98 Å². The smallest absolute Gasteiger partial charge is 0.229 e. The van der Waals surface area contributed by atoms with E-state index in [0.29, 0.717) is 16.8 Å². The second-order valence-corrected chi connectivity index (χ2v) is 6.22. The molecule has 5 nitrogen and oxygen atoms in total. The van der Waals surface area contributed by atoms with E-state index < -0.39 is 0 Å². The van der Waals surface area contributed by atoms with Crippen molar-refractivity contribution >= 4 is 45.6 Å². The summed E-state index contributed by atoms with van der Waals surface area (Å²) in [4.78, 5) is 12.1. The first-order valence-corrected chi connectivity index (χ1v) is 8.25. The van der Waals surface area contributed by atoms with Crippen LogP contribution in [0.25, 0.3) is 10.9 Å². The molecule has 124 valence electrons. The van der Waals surface area contributed by atoms with E-state index in [4.69, 9.17) is 11.6 Å². The number of anilines is 4. The van der Waals surface area contributed by atoms with Gasteiger partial charge in [-0.1, -0.05) is 17.7 Å². The fourth-order valence-corrected chi connectivity index (χ4v) is 2.88. The van der Waals surface area contributed by atoms with Crippen molar-refractivity contribution in [3.8, 4) is 0 Å². The zero-order valence-electron chi connectivity index (χ0n) is 13.5. The molecular weight excluding hydrogens is 334 g/mol. The highest BCUT2D eigenvalue weighted by atomic mass is 35.5. The molecule has 6 heteroatoms. The maximum absolute atomic E-state index is 6.00. The number of hydrogen-bond acceptors (Lipinski definition) is 4. The molecule has 0 atom stereocenters. The van der Waals surface area contributed by atoms with Crippen molar-refractivity contribution in [3.63, 3.8) is 0 Å². The van der Waals surface area contributed by atoms with Gasteiger partial charge < -0.3 is 15.6 Å². The molecule has 0 aliphatic heterocycles. The fourth-order valence-electron chi connectivity index (χ4n) is 2.69. The van der Waals surface area contributed by atoms with Gasteiger partial charge in [0.05, 0.1) is 0 Å². The Morgan fingerprint density at radius 1 is 0.960 bits per heavy atom. The summed E-state index contributed by atoms with van der Waals surface area (Å²) in [6.07, 6.45) is 1.71. The third-order valence-corrected chi connectivity index (χ3v) is 4.00. The second kappa shape index (κ2) is 6.45. The number of aromatic amines is 1. The van der Waals surface area contributed by atoms with Crippen LogP contribution in [0.2, 0.25) is 5.02 Å². The summed E-state index contributed by atoms with van der Waals surface area (Å²) in [6.45, 7) is 2.05. The second-order valence-electron chi connectivity index (χ2n) is 5.78. The maximum Gasteiger partial charge on any atom is 0.229 e. The van der Waals surface area contributed by atoms with Crippen molar-refractivity contribution in [1.29, 1.82) is 0 Å². The first kappa shape index (κ1) is 15.5. The molecule has 2 aromatic heterocycles. The number of nitrogens with zero attached hydrogens (tertiary/aromatic N) is 2. The van der Waals surface area contributed by atoms with Crippen LogP contribution in [0.1, 0.15) is 5.69 Å². The van der Waals surface area contributed by atoms with E-state index in [9.17, 15) is 0 Å². The Balaban J connectivity index is 1.55. The van der Waals surface area contributed by atoms with Crippen LogP contribution in [0.5, 0.6) is 0 Å². The zero-order valence-corrected chi connectivity index (χ0v) is 14.3. The fraction of sp³-hybridized carbons (Fsp3) is 0.0526. The Hall–Kier alpha value is -3.05. The molecule has 0 fully saturated rings. The summed E-state index contributed by atoms with van der Waals surface area (Å²) in [5, 5.41) is 8.29. The van der Waals surface area contributed by atoms with E-state index in [-0.39, 0.29) is 0 Å². The molecule has 0 saturated heterocycles. The largest absolute Gasteiger partial charge is 0.359 e. The van der Waals surface area contributed by atoms with Crippen molar-refractivity contribution < 1.29 is 0 Å². The number of fused-ring (bicyclic) bond motifs is 1. The van der Waals surface area contributed by atoms with Crippen LogP contribution in [-0.2, 0) is 0 Å². The van der Waals surface area contributed by atoms with Crippen molar-refractivity contribution in [2.75, 3.05) is 10.6 Å². The van der Waals surface area contributed by atoms with Gasteiger partial charge in [-0.2, -0.15) is 4.98 Å². The lowest BCUT2D eigenvalue weighted by Gasteiger charge is -2.09. The highest BCUT2D eigenvalue weighted by molar-refractivity contribution is 6.30. The average molecular weight is 350 g/mol. The summed E-state index contributed by atoms with van der Waals surface area (Å²) in [5.74, 6) is 1.22. The molecular formula is C19H16ClN5. The van der Waals surface area contributed by atoms with Gasteiger partial charge in [-0.15, -0.1) is 0 Å². The van der Waals surface area contributed by atoms with Gasteiger partial charge in [0.2, 0.25) is 5.95 Å². The van der Waals surface area contributed by atoms with Crippen LogP contribution < -0.4 is 10.6 Å². The summed E-state index contributed by atoms with van der Waals surface area (Å²) in [6, 6.07) is 17.5. The van der Waals surface area contributed by atoms with Crippen LogP contribution in [0.4, 0.5) is 23.1 Å². The standard InChI is InChI=1S/C19H16ClN5/c1-12-9-13-10-16(5-6-17(13)22-12)23-18-7-8-21-19(25-18)24-15-4-2-3-14(20)11-15/h2-11,22H,1H3,(H2,21,23,24,25). The number of nitrogens with one attached hydrogen (secondary N) is 3. The Labute approximate surface area is 150 Å². The van der Waals surface area contributed by atoms with E-state index in [2.05, 4.69) is 43.8 Å². The molecule has 2 heterocycles. The maximum atomic E-state index is 6.00. The van der Waals surface area contributed by atoms with Crippen LogP contribution in [0.15, 0.2) is 60.8 Å². The van der Waals surface area contributed by atoms with E-state index >= 15 is 0 Å². The van der Waals surface area contributed by atoms with Crippen LogP contribution in [0, 0.1) is 6.92 Å². The summed E-state index contributed by atoms with van der Waals surface area (Å²) < 4.78 is 0. The first-order valence-electron chi connectivity index (χ1n) is 7.88. The minimum Gasteiger partial charge on any atom is -0.359 e. The van der Waals surface area contributed by atoms with Gasteiger partial charge in [0.15, 0.2) is 0 Å². The van der Waals surface area contributed by atoms with Crippen LogP contribution in [0.3, 0.4) is 0 Å². The molecule has 3 N–H and O–H groups in total. The number of aryl methyl sites for hydroxylation is 1. The number of hydrogen-bond donors (Lipinski definition) is 3. The van der Waals surface area contributed by atoms with E-state index in [1.165, 1.54) is 0 Å². The average Bonchev–Trinajstić information content (AvgIpc) is 2.94. The lowest BCUT2D eigenvalue weighted by molar-refractivity contribution is 1.17. The topological polar surface area (TPSA) is 65.6 Å². The Morgan fingerprint density at radius 3 is 2.72 bits per heavy atom. The predicted molar refractivity (Wildman–Crippen MR) is 103 cm³/mol. The lowest BCUT2D eigenvalue weighted by Crippen LogP contribution is -2.00. The molecule has 4 aromatic rings. The van der Waals surface area contributed by atoms with Crippen molar-refractivity contribution in [2.24, 2.45) is 0 Å². The molecule has 0 saturated carbocycles. The Morgan fingerprint density at radius 2 is 1.84 bits per heavy atom. The zero-order chi connectivity index (χ0) is 17.2. The van der Waals surface area contributed by atoms with Gasteiger partial charge in [-0.05, 0) is 55.5 Å². The van der Waals surface area contributed by atoms with Crippen molar-refractivity contribution in [1.82, 2.24) is 15.0 Å². The molecule has 25 heavy (non-hydrogen) atoms. The van der Waals surface area contributed by atoms with Crippen LogP contribution >= 0.6 is 11.6 Å². The number of benzene rings is 2. The summed E-state index contributed by atoms with van der Waals surface area (Å²) >= 11 is 6.00. The molecule has 0 spiro atoms. The molecule has 0 bridgehead atoms. The Kier molecular flexibility index (Phi) is 3.99. The number of rotatable bonds is 4. The van der Waals surface area contributed by atoms with Gasteiger partial charge >= 0.3 is 0 Å². The summed E-state index contributed by atoms with van der Waals surface area (Å²) in [5.41, 5.74) is 4.07. The molecule has 0 aliphatic rings. The van der Waals surface area contributed by atoms with Crippen molar-refractivity contribution in [3.05, 3.63) is 71.5 Å². The van der Waals surface area contributed by atoms with E-state index in [1.807, 2.05) is 43.3 Å². The lowest BCUT2D eigenvalue weighted by atomic mass is 10.2. The van der Waals surface area contributed by atoms with Gasteiger partial charge in [-0.3, -0.25) is 0 Å². The molecule has 0 aliphatic carbocycles. The number of H-pyrrole nitrogens is 1. The number of halogens is 1. The third kappa shape index (κ3) is 3.56. The highest BCUT2D eigenvalue weighted by Crippen LogP contribution is 2.23. The predicted octanol–water partition coefficient (Wildman–Crippen LogP) is 5.41. The van der Waals surface area contributed by atoms with Crippen LogP contribution in [-0.4, -0.2) is 15.0 Å². The minimum atomic E-state index is 0.505.